The van der Waals surface area contributed by atoms with Crippen molar-refractivity contribution in [3.05, 3.63) is 38.0 Å². The molecule has 0 aromatic carbocycles. The van der Waals surface area contributed by atoms with E-state index in [0.29, 0.717) is 5.41 Å². The quantitative estimate of drug-likeness (QED) is 0.0720. The zero-order chi connectivity index (χ0) is 27.3. The average molecular weight is 516 g/mol. The summed E-state index contributed by atoms with van der Waals surface area (Å²) in [6, 6.07) is 0. The summed E-state index contributed by atoms with van der Waals surface area (Å²) >= 11 is 0. The summed E-state index contributed by atoms with van der Waals surface area (Å²) in [6.45, 7) is 14.9. The average Bonchev–Trinajstić information content (AvgIpc) is 2.91. The molecule has 0 aromatic heterocycles. The Morgan fingerprint density at radius 1 is 0.486 bits per heavy atom. The molecule has 1 unspecified atom stereocenters. The van der Waals surface area contributed by atoms with E-state index in [2.05, 4.69) is 44.9 Å². The summed E-state index contributed by atoms with van der Waals surface area (Å²) in [4.78, 5) is 0. The van der Waals surface area contributed by atoms with E-state index in [-0.39, 0.29) is 0 Å². The number of unbranched alkanes of at least 4 members (excludes halogenated alkanes) is 20. The SMILES string of the molecule is C=CCCCCCCCCCC(CN)(CCCCCCCCCC=C)C(C)CCCCCCCCC=C. The second-order valence-corrected chi connectivity index (χ2v) is 12.1. The molecular weight excluding hydrogens is 446 g/mol. The number of allylic oxidation sites excluding steroid dienone is 3. The summed E-state index contributed by atoms with van der Waals surface area (Å²) in [5, 5.41) is 0. The summed E-state index contributed by atoms with van der Waals surface area (Å²) < 4.78 is 0. The number of hydrogen-bond donors (Lipinski definition) is 1. The largest absolute Gasteiger partial charge is 0.330 e. The lowest BCUT2D eigenvalue weighted by molar-refractivity contribution is 0.129. The maximum atomic E-state index is 6.60. The first-order valence-corrected chi connectivity index (χ1v) is 16.7. The summed E-state index contributed by atoms with van der Waals surface area (Å²) in [5.41, 5.74) is 6.97. The molecule has 2 N–H and O–H groups in total. The lowest BCUT2D eigenvalue weighted by Gasteiger charge is -2.39. The van der Waals surface area contributed by atoms with Gasteiger partial charge in [-0.05, 0) is 69.2 Å². The molecule has 37 heavy (non-hydrogen) atoms. The molecule has 0 aromatic rings. The second kappa shape index (κ2) is 28.2. The van der Waals surface area contributed by atoms with Crippen molar-refractivity contribution in [1.82, 2.24) is 0 Å². The fraction of sp³-hybridized carbons (Fsp3) is 0.833. The van der Waals surface area contributed by atoms with E-state index in [4.69, 9.17) is 5.73 Å². The first kappa shape index (κ1) is 36.2. The van der Waals surface area contributed by atoms with Crippen LogP contribution in [-0.2, 0) is 0 Å². The Morgan fingerprint density at radius 3 is 1.11 bits per heavy atom. The van der Waals surface area contributed by atoms with Gasteiger partial charge in [0.2, 0.25) is 0 Å². The van der Waals surface area contributed by atoms with Crippen LogP contribution in [0, 0.1) is 11.3 Å². The van der Waals surface area contributed by atoms with Gasteiger partial charge >= 0.3 is 0 Å². The lowest BCUT2D eigenvalue weighted by Crippen LogP contribution is -2.37. The Balaban J connectivity index is 4.44. The first-order valence-electron chi connectivity index (χ1n) is 16.7. The summed E-state index contributed by atoms with van der Waals surface area (Å²) in [6.07, 6.45) is 41.4. The van der Waals surface area contributed by atoms with Crippen LogP contribution in [0.25, 0.3) is 0 Å². The second-order valence-electron chi connectivity index (χ2n) is 12.1. The fourth-order valence-electron chi connectivity index (χ4n) is 6.07. The smallest absolute Gasteiger partial charge is 0.00180 e. The zero-order valence-electron chi connectivity index (χ0n) is 25.6. The Labute approximate surface area is 235 Å². The molecule has 0 saturated carbocycles. The molecule has 0 rings (SSSR count). The highest BCUT2D eigenvalue weighted by molar-refractivity contribution is 4.86. The van der Waals surface area contributed by atoms with Gasteiger partial charge in [0.1, 0.15) is 0 Å². The van der Waals surface area contributed by atoms with E-state index in [1.807, 2.05) is 0 Å². The van der Waals surface area contributed by atoms with E-state index < -0.39 is 0 Å². The summed E-state index contributed by atoms with van der Waals surface area (Å²) in [7, 11) is 0. The van der Waals surface area contributed by atoms with Crippen LogP contribution in [0.1, 0.15) is 174 Å². The van der Waals surface area contributed by atoms with Crippen molar-refractivity contribution in [2.24, 2.45) is 17.1 Å². The van der Waals surface area contributed by atoms with Crippen LogP contribution in [0.15, 0.2) is 38.0 Å². The molecular formula is C36H69N. The van der Waals surface area contributed by atoms with Gasteiger partial charge in [0.15, 0.2) is 0 Å². The number of nitrogens with two attached hydrogens (primary N) is 1. The van der Waals surface area contributed by atoms with Crippen LogP contribution in [0.3, 0.4) is 0 Å². The van der Waals surface area contributed by atoms with Crippen molar-refractivity contribution in [2.45, 2.75) is 174 Å². The van der Waals surface area contributed by atoms with Gasteiger partial charge in [0.25, 0.3) is 0 Å². The van der Waals surface area contributed by atoms with Crippen molar-refractivity contribution >= 4 is 0 Å². The van der Waals surface area contributed by atoms with E-state index in [9.17, 15) is 0 Å². The molecule has 0 spiro atoms. The minimum atomic E-state index is 0.373. The van der Waals surface area contributed by atoms with Gasteiger partial charge in [-0.2, -0.15) is 0 Å². The fourth-order valence-corrected chi connectivity index (χ4v) is 6.07. The Hall–Kier alpha value is -0.820. The maximum absolute atomic E-state index is 6.60. The third kappa shape index (κ3) is 21.8. The molecule has 218 valence electrons. The van der Waals surface area contributed by atoms with Crippen LogP contribution in [0.5, 0.6) is 0 Å². The van der Waals surface area contributed by atoms with Gasteiger partial charge in [-0.1, -0.05) is 141 Å². The molecule has 0 heterocycles. The molecule has 0 aliphatic rings. The normalized spacial score (nSPS) is 12.5. The molecule has 0 aliphatic heterocycles. The van der Waals surface area contributed by atoms with Crippen LogP contribution in [-0.4, -0.2) is 6.54 Å². The molecule has 0 bridgehead atoms. The van der Waals surface area contributed by atoms with Crippen LogP contribution in [0.2, 0.25) is 0 Å². The Kier molecular flexibility index (Phi) is 27.6. The van der Waals surface area contributed by atoms with Crippen molar-refractivity contribution in [3.8, 4) is 0 Å². The highest BCUT2D eigenvalue weighted by Gasteiger charge is 2.33. The van der Waals surface area contributed by atoms with Crippen LogP contribution < -0.4 is 5.73 Å². The number of rotatable bonds is 31. The van der Waals surface area contributed by atoms with E-state index in [1.54, 1.807) is 0 Å². The van der Waals surface area contributed by atoms with Crippen molar-refractivity contribution in [2.75, 3.05) is 6.54 Å². The highest BCUT2D eigenvalue weighted by Crippen LogP contribution is 2.41. The van der Waals surface area contributed by atoms with Crippen LogP contribution in [0.4, 0.5) is 0 Å². The molecule has 1 atom stereocenters. The van der Waals surface area contributed by atoms with E-state index in [1.165, 1.54) is 167 Å². The minimum Gasteiger partial charge on any atom is -0.330 e. The zero-order valence-corrected chi connectivity index (χ0v) is 25.6. The highest BCUT2D eigenvalue weighted by atomic mass is 14.6. The topological polar surface area (TPSA) is 26.0 Å². The molecule has 0 fully saturated rings. The van der Waals surface area contributed by atoms with Gasteiger partial charge in [-0.3, -0.25) is 0 Å². The van der Waals surface area contributed by atoms with Gasteiger partial charge < -0.3 is 5.73 Å². The first-order chi connectivity index (χ1) is 18.2. The Bertz CT molecular complexity index is 467. The van der Waals surface area contributed by atoms with E-state index in [0.717, 1.165) is 12.5 Å². The predicted molar refractivity (Wildman–Crippen MR) is 171 cm³/mol. The predicted octanol–water partition coefficient (Wildman–Crippen LogP) is 12.3. The minimum absolute atomic E-state index is 0.373. The standard InChI is InChI=1S/C36H69N/c1-5-8-11-14-17-20-23-26-29-32-36(34-37,33-30-27-24-21-18-15-12-9-6-2)35(4)31-28-25-22-19-16-13-10-7-3/h5-7,35H,1-3,8-34,37H2,4H3. The van der Waals surface area contributed by atoms with Crippen molar-refractivity contribution in [3.63, 3.8) is 0 Å². The van der Waals surface area contributed by atoms with Crippen molar-refractivity contribution < 1.29 is 0 Å². The van der Waals surface area contributed by atoms with Gasteiger partial charge in [-0.25, -0.2) is 0 Å². The van der Waals surface area contributed by atoms with E-state index >= 15 is 0 Å². The van der Waals surface area contributed by atoms with Crippen molar-refractivity contribution in [1.29, 1.82) is 0 Å². The Morgan fingerprint density at radius 2 is 0.784 bits per heavy atom. The molecule has 1 heteroatoms. The molecule has 0 radical (unpaired) electrons. The van der Waals surface area contributed by atoms with Crippen LogP contribution >= 0.6 is 0 Å². The van der Waals surface area contributed by atoms with Gasteiger partial charge in [0, 0.05) is 0 Å². The third-order valence-electron chi connectivity index (χ3n) is 8.91. The maximum Gasteiger partial charge on any atom is -0.00180 e. The molecule has 1 nitrogen and oxygen atoms in total. The molecule has 0 saturated heterocycles. The lowest BCUT2D eigenvalue weighted by atomic mass is 9.67. The molecule has 0 amide bonds. The monoisotopic (exact) mass is 516 g/mol. The third-order valence-corrected chi connectivity index (χ3v) is 8.91. The number of hydrogen-bond acceptors (Lipinski definition) is 1. The van der Waals surface area contributed by atoms with Gasteiger partial charge in [0.05, 0.1) is 0 Å². The summed E-state index contributed by atoms with van der Waals surface area (Å²) in [5.74, 6) is 0.760. The molecule has 0 aliphatic carbocycles. The van der Waals surface area contributed by atoms with Gasteiger partial charge in [-0.15, -0.1) is 19.7 Å².